The van der Waals surface area contributed by atoms with Crippen molar-refractivity contribution in [1.29, 1.82) is 0 Å². The van der Waals surface area contributed by atoms with Crippen LogP contribution in [-0.2, 0) is 0 Å². The molecular formula is C11H24Br2Si2. The maximum atomic E-state index is 3.89. The van der Waals surface area contributed by atoms with Gasteiger partial charge >= 0.3 is 0 Å². The lowest BCUT2D eigenvalue weighted by atomic mass is 10.4. The summed E-state index contributed by atoms with van der Waals surface area (Å²) in [6.07, 6.45) is 0. The third-order valence-corrected chi connectivity index (χ3v) is 8.71. The number of alkyl halides is 2. The molecule has 0 amide bonds. The van der Waals surface area contributed by atoms with Crippen LogP contribution in [0.5, 0.6) is 0 Å². The molecule has 0 saturated heterocycles. The molecule has 2 unspecified atom stereocenters. The van der Waals surface area contributed by atoms with Gasteiger partial charge in [0.2, 0.25) is 0 Å². The minimum Gasteiger partial charge on any atom is -0.0721 e. The van der Waals surface area contributed by atoms with E-state index in [1.165, 1.54) is 12.1 Å². The Bertz CT molecular complexity index is 214. The molecule has 2 atom stereocenters. The Morgan fingerprint density at radius 2 is 1.07 bits per heavy atom. The van der Waals surface area contributed by atoms with Crippen LogP contribution in [0.1, 0.15) is 0 Å². The topological polar surface area (TPSA) is 0 Å². The molecule has 0 aliphatic heterocycles. The Morgan fingerprint density at radius 1 is 0.800 bits per heavy atom. The fourth-order valence-electron chi connectivity index (χ4n) is 2.34. The molecule has 15 heavy (non-hydrogen) atoms. The van der Waals surface area contributed by atoms with E-state index in [1.807, 2.05) is 0 Å². The van der Waals surface area contributed by atoms with Crippen molar-refractivity contribution in [1.82, 2.24) is 0 Å². The molecule has 1 rings (SSSR count). The second-order valence-corrected chi connectivity index (χ2v) is 22.2. The van der Waals surface area contributed by atoms with Crippen molar-refractivity contribution in [3.8, 4) is 0 Å². The average Bonchev–Trinajstić information content (AvgIpc) is 2.32. The summed E-state index contributed by atoms with van der Waals surface area (Å²) in [5.74, 6) is 1.77. The van der Waals surface area contributed by atoms with Crippen molar-refractivity contribution in [3.63, 3.8) is 0 Å². The quantitative estimate of drug-likeness (QED) is 0.458. The molecule has 0 bridgehead atoms. The van der Waals surface area contributed by atoms with Gasteiger partial charge in [0, 0.05) is 16.1 Å². The Balaban J connectivity index is 2.56. The van der Waals surface area contributed by atoms with Gasteiger partial charge in [0.1, 0.15) is 0 Å². The zero-order valence-electron chi connectivity index (χ0n) is 10.8. The second-order valence-electron chi connectivity index (χ2n) is 7.42. The molecule has 0 aromatic rings. The van der Waals surface area contributed by atoms with E-state index >= 15 is 0 Å². The van der Waals surface area contributed by atoms with Crippen LogP contribution >= 0.6 is 31.9 Å². The highest BCUT2D eigenvalue weighted by Gasteiger charge is 2.62. The predicted molar refractivity (Wildman–Crippen MR) is 83.9 cm³/mol. The Morgan fingerprint density at radius 3 is 1.27 bits per heavy atom. The van der Waals surface area contributed by atoms with E-state index in [2.05, 4.69) is 71.1 Å². The molecule has 0 N–H and O–H groups in total. The van der Waals surface area contributed by atoms with Crippen LogP contribution in [0.15, 0.2) is 0 Å². The van der Waals surface area contributed by atoms with E-state index in [-0.39, 0.29) is 0 Å². The van der Waals surface area contributed by atoms with Crippen LogP contribution in [0.4, 0.5) is 0 Å². The highest BCUT2D eigenvalue weighted by molar-refractivity contribution is 9.25. The lowest BCUT2D eigenvalue weighted by molar-refractivity contribution is 0.805. The van der Waals surface area contributed by atoms with Gasteiger partial charge in [0.25, 0.3) is 0 Å². The predicted octanol–water partition coefficient (Wildman–Crippen LogP) is 5.39. The van der Waals surface area contributed by atoms with E-state index < -0.39 is 16.1 Å². The van der Waals surface area contributed by atoms with Crippen LogP contribution in [-0.4, -0.2) is 19.4 Å². The first kappa shape index (κ1) is 14.5. The fraction of sp³-hybridized carbons (Fsp3) is 1.00. The van der Waals surface area contributed by atoms with Crippen LogP contribution in [0, 0.1) is 11.8 Å². The van der Waals surface area contributed by atoms with E-state index in [1.54, 1.807) is 0 Å². The summed E-state index contributed by atoms with van der Waals surface area (Å²) in [6.45, 7) is 14.9. The van der Waals surface area contributed by atoms with Crippen molar-refractivity contribution in [2.45, 2.75) is 54.6 Å². The SMILES string of the molecule is C[Si](C)(C)CC1C(C[Si](C)(C)C)C1(Br)Br. The molecule has 1 aliphatic carbocycles. The summed E-state index contributed by atoms with van der Waals surface area (Å²) < 4.78 is 0.292. The highest BCUT2D eigenvalue weighted by atomic mass is 79.9. The zero-order chi connectivity index (χ0) is 12.1. The van der Waals surface area contributed by atoms with Crippen LogP contribution in [0.25, 0.3) is 0 Å². The van der Waals surface area contributed by atoms with Gasteiger partial charge < -0.3 is 0 Å². The molecule has 0 aromatic carbocycles. The minimum absolute atomic E-state index is 0.292. The average molecular weight is 372 g/mol. The third-order valence-electron chi connectivity index (χ3n) is 3.03. The van der Waals surface area contributed by atoms with E-state index in [4.69, 9.17) is 0 Å². The Kier molecular flexibility index (Phi) is 4.10. The first-order valence-electron chi connectivity index (χ1n) is 5.81. The molecule has 1 saturated carbocycles. The number of halogens is 2. The third kappa shape index (κ3) is 4.28. The monoisotopic (exact) mass is 370 g/mol. The molecule has 0 aromatic heterocycles. The van der Waals surface area contributed by atoms with E-state index in [0.717, 1.165) is 11.8 Å². The number of hydrogen-bond donors (Lipinski definition) is 0. The molecular weight excluding hydrogens is 348 g/mol. The second kappa shape index (κ2) is 4.25. The van der Waals surface area contributed by atoms with Gasteiger partial charge in [-0.3, -0.25) is 0 Å². The molecule has 4 heteroatoms. The highest BCUT2D eigenvalue weighted by Crippen LogP contribution is 2.67. The molecule has 0 radical (unpaired) electrons. The van der Waals surface area contributed by atoms with Gasteiger partial charge in [-0.25, -0.2) is 0 Å². The summed E-state index contributed by atoms with van der Waals surface area (Å²) in [4.78, 5) is 0. The van der Waals surface area contributed by atoms with Crippen molar-refractivity contribution in [2.75, 3.05) is 0 Å². The smallest absolute Gasteiger partial charge is 0.0721 e. The van der Waals surface area contributed by atoms with Gasteiger partial charge in [-0.2, -0.15) is 0 Å². The van der Waals surface area contributed by atoms with E-state index in [9.17, 15) is 0 Å². The Hall–Kier alpha value is 1.39. The molecule has 1 fully saturated rings. The normalized spacial score (nSPS) is 30.4. The first-order chi connectivity index (χ1) is 6.43. The largest absolute Gasteiger partial charge is 0.0862 e. The Labute approximate surface area is 114 Å². The van der Waals surface area contributed by atoms with Gasteiger partial charge in [0.15, 0.2) is 0 Å². The molecule has 0 spiro atoms. The van der Waals surface area contributed by atoms with Crippen molar-refractivity contribution in [2.24, 2.45) is 11.8 Å². The summed E-state index contributed by atoms with van der Waals surface area (Å²) in [7, 11) is -1.82. The molecule has 0 nitrogen and oxygen atoms in total. The molecule has 0 heterocycles. The zero-order valence-corrected chi connectivity index (χ0v) is 16.0. The van der Waals surface area contributed by atoms with Gasteiger partial charge in [0.05, 0.1) is 3.23 Å². The van der Waals surface area contributed by atoms with Gasteiger partial charge in [-0.1, -0.05) is 83.2 Å². The van der Waals surface area contributed by atoms with Gasteiger partial charge in [-0.15, -0.1) is 0 Å². The summed E-state index contributed by atoms with van der Waals surface area (Å²) in [5, 5.41) is 0. The lowest BCUT2D eigenvalue weighted by Crippen LogP contribution is -2.22. The maximum Gasteiger partial charge on any atom is 0.0862 e. The fourth-order valence-corrected chi connectivity index (χ4v) is 9.04. The number of hydrogen-bond acceptors (Lipinski definition) is 0. The lowest BCUT2D eigenvalue weighted by Gasteiger charge is -2.17. The van der Waals surface area contributed by atoms with Crippen LogP contribution in [0.2, 0.25) is 51.4 Å². The minimum atomic E-state index is -0.908. The van der Waals surface area contributed by atoms with Crippen LogP contribution < -0.4 is 0 Å². The summed E-state index contributed by atoms with van der Waals surface area (Å²) >= 11 is 7.77. The van der Waals surface area contributed by atoms with Gasteiger partial charge in [-0.05, 0) is 11.8 Å². The summed E-state index contributed by atoms with van der Waals surface area (Å²) in [6, 6.07) is 2.91. The van der Waals surface area contributed by atoms with Crippen molar-refractivity contribution in [3.05, 3.63) is 0 Å². The molecule has 1 aliphatic rings. The number of rotatable bonds is 4. The van der Waals surface area contributed by atoms with E-state index in [0.29, 0.717) is 3.23 Å². The maximum absolute atomic E-state index is 3.89. The van der Waals surface area contributed by atoms with Crippen LogP contribution in [0.3, 0.4) is 0 Å². The standard InChI is InChI=1S/C11H24Br2Si2/c1-14(2,3)7-9-10(11(9,12)13)8-15(4,5)6/h9-10H,7-8H2,1-6H3. The first-order valence-corrected chi connectivity index (χ1v) is 14.8. The summed E-state index contributed by atoms with van der Waals surface area (Å²) in [5.41, 5.74) is 0. The van der Waals surface area contributed by atoms with Crippen molar-refractivity contribution < 1.29 is 0 Å². The van der Waals surface area contributed by atoms with Crippen molar-refractivity contribution >= 4 is 48.0 Å². The molecule has 90 valence electrons.